The van der Waals surface area contributed by atoms with E-state index >= 15 is 0 Å². The first kappa shape index (κ1) is 15.4. The molecule has 2 unspecified atom stereocenters. The van der Waals surface area contributed by atoms with E-state index in [1.165, 1.54) is 6.42 Å². The van der Waals surface area contributed by atoms with Gasteiger partial charge in [-0.3, -0.25) is 9.69 Å². The summed E-state index contributed by atoms with van der Waals surface area (Å²) < 4.78 is 5.35. The minimum atomic E-state index is 0.0109. The summed E-state index contributed by atoms with van der Waals surface area (Å²) in [6.45, 7) is 5.96. The molecular weight excluding hydrogens is 298 g/mol. The summed E-state index contributed by atoms with van der Waals surface area (Å²) in [6, 6.07) is 11.9. The number of hydrogen-bond acceptors (Lipinski definition) is 3. The summed E-state index contributed by atoms with van der Waals surface area (Å²) in [5, 5.41) is 2.08. The van der Waals surface area contributed by atoms with Crippen LogP contribution < -0.4 is 4.74 Å². The van der Waals surface area contributed by atoms with Gasteiger partial charge in [-0.1, -0.05) is 30.3 Å². The van der Waals surface area contributed by atoms with Gasteiger partial charge in [0.05, 0.1) is 13.2 Å². The number of methoxy groups -OCH3 is 1. The number of piperidine rings is 3. The molecule has 2 aromatic carbocycles. The molecule has 3 aliphatic rings. The molecule has 0 radical (unpaired) electrons. The van der Waals surface area contributed by atoms with E-state index in [4.69, 9.17) is 4.74 Å². The molecule has 0 N–H and O–H groups in total. The van der Waals surface area contributed by atoms with Crippen LogP contribution in [0.1, 0.15) is 23.2 Å². The van der Waals surface area contributed by atoms with Crippen molar-refractivity contribution in [2.24, 2.45) is 11.8 Å². The van der Waals surface area contributed by atoms with Crippen molar-refractivity contribution in [1.82, 2.24) is 4.90 Å². The molecule has 3 fully saturated rings. The van der Waals surface area contributed by atoms with E-state index in [-0.39, 0.29) is 11.8 Å². The van der Waals surface area contributed by atoms with Crippen molar-refractivity contribution < 1.29 is 9.53 Å². The fraction of sp³-hybridized carbons (Fsp3) is 0.381. The molecule has 0 amide bonds. The summed E-state index contributed by atoms with van der Waals surface area (Å²) in [6.07, 6.45) is 4.21. The second-order valence-electron chi connectivity index (χ2n) is 6.95. The van der Waals surface area contributed by atoms with Crippen molar-refractivity contribution in [2.45, 2.75) is 18.9 Å². The monoisotopic (exact) mass is 321 g/mol. The van der Waals surface area contributed by atoms with Crippen LogP contribution >= 0.6 is 0 Å². The third-order valence-corrected chi connectivity index (χ3v) is 5.76. The van der Waals surface area contributed by atoms with E-state index in [2.05, 4.69) is 17.6 Å². The Labute approximate surface area is 142 Å². The number of ether oxygens (including phenoxy) is 1. The smallest absolute Gasteiger partial charge is 0.180 e. The zero-order chi connectivity index (χ0) is 16.7. The molecule has 24 heavy (non-hydrogen) atoms. The minimum absolute atomic E-state index is 0.0109. The van der Waals surface area contributed by atoms with Crippen LogP contribution in [0.5, 0.6) is 5.75 Å². The average Bonchev–Trinajstić information content (AvgIpc) is 2.66. The first-order chi connectivity index (χ1) is 11.7. The van der Waals surface area contributed by atoms with Crippen molar-refractivity contribution in [2.75, 3.05) is 20.2 Å². The Morgan fingerprint density at radius 1 is 1.33 bits per heavy atom. The van der Waals surface area contributed by atoms with E-state index in [1.54, 1.807) is 7.11 Å². The highest BCUT2D eigenvalue weighted by atomic mass is 16.5. The SMILES string of the molecule is C=C[C@H]1CN2CCC1C[C@@H]2C(=O)c1cccc2ccc(OC)cc12. The lowest BCUT2D eigenvalue weighted by molar-refractivity contribution is 0.0205. The van der Waals surface area contributed by atoms with Gasteiger partial charge in [-0.05, 0) is 54.1 Å². The number of Topliss-reactive ketones (excluding diaryl/α,β-unsaturated/α-hetero) is 1. The Morgan fingerprint density at radius 2 is 2.21 bits per heavy atom. The number of carbonyl (C=O) groups is 1. The lowest BCUT2D eigenvalue weighted by Crippen LogP contribution is -2.55. The van der Waals surface area contributed by atoms with Crippen LogP contribution in [0.3, 0.4) is 0 Å². The molecule has 0 aromatic heterocycles. The van der Waals surface area contributed by atoms with Gasteiger partial charge in [0, 0.05) is 12.1 Å². The van der Waals surface area contributed by atoms with Crippen LogP contribution in [0.2, 0.25) is 0 Å². The van der Waals surface area contributed by atoms with Gasteiger partial charge >= 0.3 is 0 Å². The number of ketones is 1. The van der Waals surface area contributed by atoms with Gasteiger partial charge in [-0.2, -0.15) is 0 Å². The zero-order valence-corrected chi connectivity index (χ0v) is 14.1. The third-order valence-electron chi connectivity index (χ3n) is 5.76. The largest absolute Gasteiger partial charge is 0.497 e. The van der Waals surface area contributed by atoms with E-state index in [0.29, 0.717) is 11.8 Å². The second kappa shape index (κ2) is 6.06. The van der Waals surface area contributed by atoms with Crippen molar-refractivity contribution in [3.8, 4) is 5.75 Å². The van der Waals surface area contributed by atoms with Gasteiger partial charge in [-0.15, -0.1) is 6.58 Å². The van der Waals surface area contributed by atoms with Crippen LogP contribution in [0.25, 0.3) is 10.8 Å². The van der Waals surface area contributed by atoms with Gasteiger partial charge in [0.1, 0.15) is 5.75 Å². The number of hydrogen-bond donors (Lipinski definition) is 0. The molecule has 0 spiro atoms. The number of nitrogens with zero attached hydrogens (tertiary/aromatic N) is 1. The van der Waals surface area contributed by atoms with Crippen molar-refractivity contribution in [3.63, 3.8) is 0 Å². The molecule has 0 aliphatic carbocycles. The van der Waals surface area contributed by atoms with Crippen LogP contribution in [0.4, 0.5) is 0 Å². The molecule has 3 heteroatoms. The third kappa shape index (κ3) is 2.44. The maximum Gasteiger partial charge on any atom is 0.180 e. The Bertz CT molecular complexity index is 798. The molecule has 4 atom stereocenters. The molecule has 2 bridgehead atoms. The van der Waals surface area contributed by atoms with Gasteiger partial charge in [0.25, 0.3) is 0 Å². The first-order valence-electron chi connectivity index (χ1n) is 8.69. The standard InChI is InChI=1S/C21H23NO2/c1-3-14-13-22-10-9-16(14)11-20(22)21(23)18-6-4-5-15-7-8-17(24-2)12-19(15)18/h3-8,12,14,16,20H,1,9-11,13H2,2H3/t14-,16?,20+/m0/s1. The number of benzene rings is 2. The van der Waals surface area contributed by atoms with Crippen LogP contribution in [-0.4, -0.2) is 36.9 Å². The highest BCUT2D eigenvalue weighted by Crippen LogP contribution is 2.38. The van der Waals surface area contributed by atoms with Crippen LogP contribution in [0, 0.1) is 11.8 Å². The summed E-state index contributed by atoms with van der Waals surface area (Å²) >= 11 is 0. The predicted octanol–water partition coefficient (Wildman–Crippen LogP) is 3.93. The summed E-state index contributed by atoms with van der Waals surface area (Å²) in [4.78, 5) is 15.6. The predicted molar refractivity (Wildman–Crippen MR) is 96.6 cm³/mol. The Hall–Kier alpha value is -2.13. The summed E-state index contributed by atoms with van der Waals surface area (Å²) in [5.41, 5.74) is 0.819. The number of fused-ring (bicyclic) bond motifs is 4. The average molecular weight is 321 g/mol. The van der Waals surface area contributed by atoms with Gasteiger partial charge in [0.15, 0.2) is 5.78 Å². The van der Waals surface area contributed by atoms with E-state index in [0.717, 1.165) is 41.6 Å². The Balaban J connectivity index is 1.70. The zero-order valence-electron chi connectivity index (χ0n) is 14.1. The first-order valence-corrected chi connectivity index (χ1v) is 8.69. The maximum absolute atomic E-state index is 13.3. The molecule has 3 aliphatic heterocycles. The van der Waals surface area contributed by atoms with Crippen LogP contribution in [0.15, 0.2) is 49.1 Å². The summed E-state index contributed by atoms with van der Waals surface area (Å²) in [7, 11) is 1.66. The molecule has 0 saturated carbocycles. The van der Waals surface area contributed by atoms with Crippen molar-refractivity contribution >= 4 is 16.6 Å². The van der Waals surface area contributed by atoms with E-state index in [9.17, 15) is 4.79 Å². The number of carbonyl (C=O) groups excluding carboxylic acids is 1. The minimum Gasteiger partial charge on any atom is -0.497 e. The normalized spacial score (nSPS) is 28.7. The molecule has 3 nitrogen and oxygen atoms in total. The quantitative estimate of drug-likeness (QED) is 0.631. The fourth-order valence-electron chi connectivity index (χ4n) is 4.38. The Morgan fingerprint density at radius 3 is 2.92 bits per heavy atom. The Kier molecular flexibility index (Phi) is 3.89. The highest BCUT2D eigenvalue weighted by molar-refractivity contribution is 6.10. The lowest BCUT2D eigenvalue weighted by Gasteiger charge is -2.48. The fourth-order valence-corrected chi connectivity index (χ4v) is 4.38. The molecule has 124 valence electrons. The summed E-state index contributed by atoms with van der Waals surface area (Å²) in [5.74, 6) is 2.18. The lowest BCUT2D eigenvalue weighted by atomic mass is 9.74. The van der Waals surface area contributed by atoms with Crippen molar-refractivity contribution in [3.05, 3.63) is 54.6 Å². The van der Waals surface area contributed by atoms with Crippen LogP contribution in [-0.2, 0) is 0 Å². The van der Waals surface area contributed by atoms with Crippen molar-refractivity contribution in [1.29, 1.82) is 0 Å². The molecule has 2 aromatic rings. The molecule has 5 rings (SSSR count). The highest BCUT2D eigenvalue weighted by Gasteiger charge is 2.42. The second-order valence-corrected chi connectivity index (χ2v) is 6.95. The van der Waals surface area contributed by atoms with E-state index < -0.39 is 0 Å². The molecular formula is C21H23NO2. The molecule has 3 saturated heterocycles. The maximum atomic E-state index is 13.3. The van der Waals surface area contributed by atoms with E-state index in [1.807, 2.05) is 36.4 Å². The van der Waals surface area contributed by atoms with Gasteiger partial charge < -0.3 is 4.74 Å². The van der Waals surface area contributed by atoms with Gasteiger partial charge in [0.2, 0.25) is 0 Å². The van der Waals surface area contributed by atoms with Gasteiger partial charge in [-0.25, -0.2) is 0 Å². The number of rotatable bonds is 4. The topological polar surface area (TPSA) is 29.5 Å². The molecule has 3 heterocycles.